The first-order valence-electron chi connectivity index (χ1n) is 10.5. The minimum Gasteiger partial charge on any atom is -0.377 e. The van der Waals surface area contributed by atoms with Crippen molar-refractivity contribution in [2.75, 3.05) is 18.5 Å². The summed E-state index contributed by atoms with van der Waals surface area (Å²) in [5.74, 6) is -0.318. The number of fused-ring (bicyclic) bond motifs is 1. The summed E-state index contributed by atoms with van der Waals surface area (Å²) in [6.45, 7) is 0.915. The van der Waals surface area contributed by atoms with E-state index in [2.05, 4.69) is 15.0 Å². The van der Waals surface area contributed by atoms with Gasteiger partial charge in [0.25, 0.3) is 5.91 Å². The van der Waals surface area contributed by atoms with Gasteiger partial charge >= 0.3 is 0 Å². The molecular weight excluding hydrogens is 460 g/mol. The molecular formula is C23H22N4O4S2. The summed E-state index contributed by atoms with van der Waals surface area (Å²) in [6, 6.07) is 13.3. The van der Waals surface area contributed by atoms with Crippen molar-refractivity contribution >= 4 is 37.9 Å². The van der Waals surface area contributed by atoms with Crippen molar-refractivity contribution in [1.82, 2.24) is 14.1 Å². The van der Waals surface area contributed by atoms with Crippen molar-refractivity contribution in [1.29, 1.82) is 0 Å². The molecule has 33 heavy (non-hydrogen) atoms. The highest BCUT2D eigenvalue weighted by molar-refractivity contribution is 7.89. The van der Waals surface area contributed by atoms with Crippen LogP contribution in [0.1, 0.15) is 23.2 Å². The number of sulfonamides is 1. The predicted octanol–water partition coefficient (Wildman–Crippen LogP) is 3.77. The van der Waals surface area contributed by atoms with Gasteiger partial charge in [-0.25, -0.2) is 18.1 Å². The Kier molecular flexibility index (Phi) is 5.98. The van der Waals surface area contributed by atoms with E-state index in [0.29, 0.717) is 17.9 Å². The number of hydrogen-bond acceptors (Lipinski definition) is 6. The lowest BCUT2D eigenvalue weighted by molar-refractivity contribution is 0.102. The van der Waals surface area contributed by atoms with Crippen molar-refractivity contribution in [2.45, 2.75) is 23.8 Å². The molecule has 3 heterocycles. The maximum atomic E-state index is 12.6. The van der Waals surface area contributed by atoms with Crippen LogP contribution in [0, 0.1) is 0 Å². The van der Waals surface area contributed by atoms with Crippen molar-refractivity contribution in [3.63, 3.8) is 0 Å². The Labute approximate surface area is 195 Å². The van der Waals surface area contributed by atoms with Crippen molar-refractivity contribution < 1.29 is 17.9 Å². The number of carbonyl (C=O) groups is 1. The number of amides is 1. The molecule has 4 aromatic rings. The SMILES string of the molecule is O=C(Nc1ccc(-c2cn3ccsc3n2)cc1)c1ccc(S(=O)(=O)NC[C@H]2CCCO2)cc1. The quantitative estimate of drug-likeness (QED) is 0.418. The third kappa shape index (κ3) is 4.83. The number of nitrogens with zero attached hydrogens (tertiary/aromatic N) is 2. The van der Waals surface area contributed by atoms with Crippen LogP contribution in [0.5, 0.6) is 0 Å². The van der Waals surface area contributed by atoms with E-state index < -0.39 is 10.0 Å². The molecule has 1 saturated heterocycles. The molecule has 0 saturated carbocycles. The first kappa shape index (κ1) is 21.8. The molecule has 5 rings (SSSR count). The Bertz CT molecular complexity index is 1340. The Morgan fingerprint density at radius 1 is 1.15 bits per heavy atom. The number of ether oxygens (including phenoxy) is 1. The molecule has 2 aromatic heterocycles. The fourth-order valence-electron chi connectivity index (χ4n) is 3.67. The van der Waals surface area contributed by atoms with Gasteiger partial charge in [0.1, 0.15) is 0 Å². The summed E-state index contributed by atoms with van der Waals surface area (Å²) in [6.07, 6.45) is 5.64. The molecule has 0 aliphatic carbocycles. The van der Waals surface area contributed by atoms with E-state index in [1.165, 1.54) is 24.3 Å². The van der Waals surface area contributed by atoms with Gasteiger partial charge in [0.15, 0.2) is 4.96 Å². The average molecular weight is 483 g/mol. The number of carbonyl (C=O) groups excluding carboxylic acids is 1. The minimum atomic E-state index is -3.65. The highest BCUT2D eigenvalue weighted by Crippen LogP contribution is 2.23. The molecule has 2 aromatic carbocycles. The summed E-state index contributed by atoms with van der Waals surface area (Å²) < 4.78 is 34.9. The number of hydrogen-bond donors (Lipinski definition) is 2. The number of thiazole rings is 1. The number of rotatable bonds is 7. The number of benzene rings is 2. The first-order valence-corrected chi connectivity index (χ1v) is 12.9. The van der Waals surface area contributed by atoms with Gasteiger partial charge < -0.3 is 10.1 Å². The molecule has 0 unspecified atom stereocenters. The molecule has 0 spiro atoms. The second-order valence-corrected chi connectivity index (χ2v) is 10.4. The van der Waals surface area contributed by atoms with Crippen LogP contribution in [0.4, 0.5) is 5.69 Å². The van der Waals surface area contributed by atoms with Crippen molar-refractivity contribution in [2.24, 2.45) is 0 Å². The van der Waals surface area contributed by atoms with E-state index in [1.807, 2.05) is 46.4 Å². The van der Waals surface area contributed by atoms with Crippen LogP contribution in [0.15, 0.2) is 71.2 Å². The molecule has 0 bridgehead atoms. The van der Waals surface area contributed by atoms with Gasteiger partial charge in [-0.15, -0.1) is 11.3 Å². The summed E-state index contributed by atoms with van der Waals surface area (Å²) in [5, 5.41) is 4.82. The van der Waals surface area contributed by atoms with E-state index >= 15 is 0 Å². The van der Waals surface area contributed by atoms with E-state index in [0.717, 1.165) is 29.1 Å². The number of imidazole rings is 1. The number of nitrogens with one attached hydrogen (secondary N) is 2. The molecule has 1 fully saturated rings. The van der Waals surface area contributed by atoms with Crippen LogP contribution in [-0.2, 0) is 14.8 Å². The van der Waals surface area contributed by atoms with Gasteiger partial charge in [0.2, 0.25) is 10.0 Å². The smallest absolute Gasteiger partial charge is 0.255 e. The molecule has 8 nitrogen and oxygen atoms in total. The van der Waals surface area contributed by atoms with E-state index in [1.54, 1.807) is 11.3 Å². The Balaban J connectivity index is 1.21. The average Bonchev–Trinajstić information content (AvgIpc) is 3.56. The van der Waals surface area contributed by atoms with Crippen LogP contribution in [0.25, 0.3) is 16.2 Å². The minimum absolute atomic E-state index is 0.0820. The zero-order chi connectivity index (χ0) is 22.8. The Hall–Kier alpha value is -3.05. The monoisotopic (exact) mass is 482 g/mol. The normalized spacial score (nSPS) is 16.3. The number of anilines is 1. The fourth-order valence-corrected chi connectivity index (χ4v) is 5.44. The highest BCUT2D eigenvalue weighted by Gasteiger charge is 2.20. The maximum absolute atomic E-state index is 12.6. The lowest BCUT2D eigenvalue weighted by atomic mass is 10.1. The van der Waals surface area contributed by atoms with Gasteiger partial charge in [-0.1, -0.05) is 12.1 Å². The summed E-state index contributed by atoms with van der Waals surface area (Å²) >= 11 is 1.57. The molecule has 0 radical (unpaired) electrons. The van der Waals surface area contributed by atoms with Crippen LogP contribution in [-0.4, -0.2) is 43.0 Å². The second kappa shape index (κ2) is 9.06. The molecule has 1 aliphatic rings. The van der Waals surface area contributed by atoms with Gasteiger partial charge in [0.05, 0.1) is 16.7 Å². The van der Waals surface area contributed by atoms with Crippen molar-refractivity contribution in [3.05, 3.63) is 71.9 Å². The third-order valence-corrected chi connectivity index (χ3v) is 7.69. The van der Waals surface area contributed by atoms with Gasteiger partial charge in [-0.2, -0.15) is 0 Å². The lowest BCUT2D eigenvalue weighted by Crippen LogP contribution is -2.31. The molecule has 1 atom stereocenters. The van der Waals surface area contributed by atoms with Gasteiger partial charge in [-0.05, 0) is 49.2 Å². The summed E-state index contributed by atoms with van der Waals surface area (Å²) in [4.78, 5) is 18.2. The van der Waals surface area contributed by atoms with E-state index in [-0.39, 0.29) is 23.5 Å². The molecule has 2 N–H and O–H groups in total. The molecule has 170 valence electrons. The third-order valence-electron chi connectivity index (χ3n) is 5.48. The van der Waals surface area contributed by atoms with E-state index in [9.17, 15) is 13.2 Å². The summed E-state index contributed by atoms with van der Waals surface area (Å²) in [5.41, 5.74) is 2.82. The van der Waals surface area contributed by atoms with Crippen LogP contribution in [0.2, 0.25) is 0 Å². The topological polar surface area (TPSA) is 102 Å². The van der Waals surface area contributed by atoms with Gasteiger partial charge in [-0.3, -0.25) is 9.20 Å². The van der Waals surface area contributed by atoms with Crippen LogP contribution < -0.4 is 10.0 Å². The zero-order valence-corrected chi connectivity index (χ0v) is 19.2. The molecule has 1 aliphatic heterocycles. The molecule has 10 heteroatoms. The Morgan fingerprint density at radius 2 is 1.94 bits per heavy atom. The van der Waals surface area contributed by atoms with Gasteiger partial charge in [0, 0.05) is 47.7 Å². The second-order valence-electron chi connectivity index (χ2n) is 7.76. The predicted molar refractivity (Wildman–Crippen MR) is 127 cm³/mol. The van der Waals surface area contributed by atoms with Crippen LogP contribution in [0.3, 0.4) is 0 Å². The zero-order valence-electron chi connectivity index (χ0n) is 17.6. The van der Waals surface area contributed by atoms with E-state index in [4.69, 9.17) is 4.74 Å². The highest BCUT2D eigenvalue weighted by atomic mass is 32.2. The molecule has 1 amide bonds. The summed E-state index contributed by atoms with van der Waals surface area (Å²) in [7, 11) is -3.65. The first-order chi connectivity index (χ1) is 16.0. The largest absolute Gasteiger partial charge is 0.377 e. The Morgan fingerprint density at radius 3 is 2.64 bits per heavy atom. The van der Waals surface area contributed by atoms with Crippen molar-refractivity contribution in [3.8, 4) is 11.3 Å². The standard InChI is InChI=1S/C23H22N4O4S2/c28-22(17-5-9-20(10-6-17)33(29,30)24-14-19-2-1-12-31-19)25-18-7-3-16(4-8-18)21-15-27-11-13-32-23(27)26-21/h3-11,13,15,19,24H,1-2,12,14H2,(H,25,28)/t19-/m1/s1. The lowest BCUT2D eigenvalue weighted by Gasteiger charge is -2.12. The van der Waals surface area contributed by atoms with Crippen LogP contribution >= 0.6 is 11.3 Å². The number of aromatic nitrogens is 2. The maximum Gasteiger partial charge on any atom is 0.255 e. The fraction of sp³-hybridized carbons (Fsp3) is 0.217.